The predicted octanol–water partition coefficient (Wildman–Crippen LogP) is 3.23. The van der Waals surface area contributed by atoms with Crippen LogP contribution in [0, 0.1) is 0 Å². The number of anilines is 1. The van der Waals surface area contributed by atoms with Crippen LogP contribution in [0.5, 0.6) is 0 Å². The molecule has 3 heterocycles. The molecule has 5 nitrogen and oxygen atoms in total. The Morgan fingerprint density at radius 2 is 1.93 bits per heavy atom. The number of alkyl halides is 3. The second kappa shape index (κ2) is 7.33. The first-order valence-corrected chi connectivity index (χ1v) is 9.46. The number of fused-ring (bicyclic) bond motifs is 2. The molecular weight excluding hydrogens is 369 g/mol. The molecule has 2 aliphatic heterocycles. The topological polar surface area (TPSA) is 64.3 Å². The van der Waals surface area contributed by atoms with Crippen molar-refractivity contribution in [3.05, 3.63) is 52.8 Å². The van der Waals surface area contributed by atoms with Crippen molar-refractivity contribution in [3.63, 3.8) is 0 Å². The first-order valence-electron chi connectivity index (χ1n) is 9.46. The van der Waals surface area contributed by atoms with Crippen LogP contribution in [0.1, 0.15) is 35.2 Å². The van der Waals surface area contributed by atoms with Crippen molar-refractivity contribution in [2.75, 3.05) is 25.4 Å². The van der Waals surface area contributed by atoms with Crippen molar-refractivity contribution in [2.24, 2.45) is 0 Å². The van der Waals surface area contributed by atoms with Gasteiger partial charge in [-0.05, 0) is 36.0 Å². The Bertz CT molecular complexity index is 848. The summed E-state index contributed by atoms with van der Waals surface area (Å²) in [6.45, 7) is 2.83. The number of nitrogens with two attached hydrogens (primary N) is 1. The van der Waals surface area contributed by atoms with E-state index in [4.69, 9.17) is 10.5 Å². The minimum Gasteiger partial charge on any atom is -0.368 e. The zero-order valence-corrected chi connectivity index (χ0v) is 15.5. The van der Waals surface area contributed by atoms with E-state index in [0.717, 1.165) is 49.2 Å². The Morgan fingerprint density at radius 3 is 2.68 bits per heavy atom. The molecule has 0 amide bonds. The molecule has 1 fully saturated rings. The van der Waals surface area contributed by atoms with Crippen LogP contribution in [0.4, 0.5) is 19.1 Å². The maximum atomic E-state index is 12.6. The van der Waals surface area contributed by atoms with Crippen LogP contribution in [-0.2, 0) is 29.7 Å². The molecule has 2 aliphatic rings. The third-order valence-corrected chi connectivity index (χ3v) is 5.53. The quantitative estimate of drug-likeness (QED) is 0.869. The Morgan fingerprint density at radius 1 is 1.18 bits per heavy atom. The lowest BCUT2D eigenvalue weighted by Crippen LogP contribution is -2.47. The van der Waals surface area contributed by atoms with Gasteiger partial charge in [0.05, 0.1) is 18.7 Å². The highest BCUT2D eigenvalue weighted by Gasteiger charge is 2.42. The van der Waals surface area contributed by atoms with Gasteiger partial charge in [0.15, 0.2) is 0 Å². The van der Waals surface area contributed by atoms with Crippen LogP contribution in [0.2, 0.25) is 0 Å². The van der Waals surface area contributed by atoms with Gasteiger partial charge in [-0.25, -0.2) is 9.97 Å². The molecule has 2 N–H and O–H groups in total. The van der Waals surface area contributed by atoms with Crippen LogP contribution in [0.25, 0.3) is 0 Å². The molecule has 0 radical (unpaired) electrons. The minimum atomic E-state index is -4.19. The van der Waals surface area contributed by atoms with Gasteiger partial charge in [-0.1, -0.05) is 24.3 Å². The number of ether oxygens (including phenoxy) is 1. The van der Waals surface area contributed by atoms with Crippen LogP contribution in [-0.4, -0.2) is 40.7 Å². The number of aromatic nitrogens is 2. The second-order valence-corrected chi connectivity index (χ2v) is 7.58. The van der Waals surface area contributed by atoms with Crippen LogP contribution in [0.15, 0.2) is 30.5 Å². The number of hydrogen-bond donors (Lipinski definition) is 1. The highest BCUT2D eigenvalue weighted by molar-refractivity contribution is 5.32. The zero-order chi connectivity index (χ0) is 19.8. The summed E-state index contributed by atoms with van der Waals surface area (Å²) in [6.07, 6.45) is -0.952. The summed E-state index contributed by atoms with van der Waals surface area (Å²) in [5.74, 6) is 0.257. The van der Waals surface area contributed by atoms with E-state index in [1.165, 1.54) is 6.07 Å². The molecule has 1 spiro atoms. The monoisotopic (exact) mass is 392 g/mol. The maximum Gasteiger partial charge on any atom is 0.393 e. The SMILES string of the molecule is Nc1ncc2c(n1)C1(CCN(Cc3cccc(CC(F)(F)F)c3)CC1)OCC2. The van der Waals surface area contributed by atoms with Gasteiger partial charge in [-0.2, -0.15) is 13.2 Å². The third kappa shape index (κ3) is 4.12. The minimum absolute atomic E-state index is 0.257. The molecule has 150 valence electrons. The summed E-state index contributed by atoms with van der Waals surface area (Å²) in [6, 6.07) is 6.75. The number of nitrogens with zero attached hydrogens (tertiary/aromatic N) is 3. The number of hydrogen-bond acceptors (Lipinski definition) is 5. The average Bonchev–Trinajstić information content (AvgIpc) is 2.63. The average molecular weight is 392 g/mol. The molecule has 0 unspecified atom stereocenters. The molecule has 8 heteroatoms. The summed E-state index contributed by atoms with van der Waals surface area (Å²) < 4.78 is 44.1. The summed E-state index contributed by atoms with van der Waals surface area (Å²) in [4.78, 5) is 10.8. The van der Waals surface area contributed by atoms with E-state index in [2.05, 4.69) is 14.9 Å². The van der Waals surface area contributed by atoms with Crippen molar-refractivity contribution < 1.29 is 17.9 Å². The van der Waals surface area contributed by atoms with E-state index in [1.54, 1.807) is 18.3 Å². The second-order valence-electron chi connectivity index (χ2n) is 7.58. The Labute approximate surface area is 161 Å². The third-order valence-electron chi connectivity index (χ3n) is 5.53. The Hall–Kier alpha value is -2.19. The lowest BCUT2D eigenvalue weighted by atomic mass is 9.83. The van der Waals surface area contributed by atoms with Crippen LogP contribution < -0.4 is 5.73 Å². The van der Waals surface area contributed by atoms with Crippen molar-refractivity contribution >= 4 is 5.95 Å². The number of rotatable bonds is 3. The van der Waals surface area contributed by atoms with E-state index in [9.17, 15) is 13.2 Å². The zero-order valence-electron chi connectivity index (χ0n) is 15.5. The van der Waals surface area contributed by atoms with E-state index in [-0.39, 0.29) is 5.95 Å². The van der Waals surface area contributed by atoms with Crippen molar-refractivity contribution in [2.45, 2.75) is 44.0 Å². The van der Waals surface area contributed by atoms with Crippen molar-refractivity contribution in [1.82, 2.24) is 14.9 Å². The fraction of sp³-hybridized carbons (Fsp3) is 0.500. The maximum absolute atomic E-state index is 12.6. The number of benzene rings is 1. The standard InChI is InChI=1S/C20H23F3N4O/c21-20(22,23)11-14-2-1-3-15(10-14)13-27-7-5-19(6-8-27)17-16(4-9-28-19)12-25-18(24)26-17/h1-3,10,12H,4-9,11,13H2,(H2,24,25,26). The molecule has 0 aliphatic carbocycles. The fourth-order valence-corrected chi connectivity index (χ4v) is 4.20. The molecule has 0 bridgehead atoms. The molecule has 1 saturated heterocycles. The van der Waals surface area contributed by atoms with E-state index in [0.29, 0.717) is 18.7 Å². The van der Waals surface area contributed by atoms with Gasteiger partial charge >= 0.3 is 6.18 Å². The van der Waals surface area contributed by atoms with E-state index < -0.39 is 18.2 Å². The smallest absolute Gasteiger partial charge is 0.368 e. The Kier molecular flexibility index (Phi) is 5.01. The van der Waals surface area contributed by atoms with Gasteiger partial charge in [0.2, 0.25) is 5.95 Å². The highest BCUT2D eigenvalue weighted by atomic mass is 19.4. The molecule has 1 aromatic heterocycles. The number of nitrogen functional groups attached to an aromatic ring is 1. The molecule has 0 atom stereocenters. The highest BCUT2D eigenvalue weighted by Crippen LogP contribution is 2.40. The first kappa shape index (κ1) is 19.1. The fourth-order valence-electron chi connectivity index (χ4n) is 4.20. The summed E-state index contributed by atoms with van der Waals surface area (Å²) >= 11 is 0. The van der Waals surface area contributed by atoms with Crippen molar-refractivity contribution in [1.29, 1.82) is 0 Å². The van der Waals surface area contributed by atoms with Gasteiger partial charge in [-0.15, -0.1) is 0 Å². The molecular formula is C20H23F3N4O. The summed E-state index contributed by atoms with van der Waals surface area (Å²) in [5.41, 5.74) is 8.55. The number of piperidine rings is 1. The number of halogens is 3. The molecule has 4 rings (SSSR count). The van der Waals surface area contributed by atoms with Gasteiger partial charge in [0.1, 0.15) is 5.60 Å². The van der Waals surface area contributed by atoms with Crippen LogP contribution >= 0.6 is 0 Å². The van der Waals surface area contributed by atoms with Gasteiger partial charge in [-0.3, -0.25) is 4.90 Å². The Balaban J connectivity index is 1.43. The number of likely N-dealkylation sites (tertiary alicyclic amines) is 1. The molecule has 1 aromatic carbocycles. The van der Waals surface area contributed by atoms with E-state index in [1.807, 2.05) is 6.07 Å². The lowest BCUT2D eigenvalue weighted by Gasteiger charge is -2.44. The molecule has 0 saturated carbocycles. The first-order chi connectivity index (χ1) is 13.3. The lowest BCUT2D eigenvalue weighted by molar-refractivity contribution is -0.127. The van der Waals surface area contributed by atoms with E-state index >= 15 is 0 Å². The van der Waals surface area contributed by atoms with Gasteiger partial charge < -0.3 is 10.5 Å². The molecule has 2 aromatic rings. The van der Waals surface area contributed by atoms with Crippen molar-refractivity contribution in [3.8, 4) is 0 Å². The molecule has 28 heavy (non-hydrogen) atoms. The summed E-state index contributed by atoms with van der Waals surface area (Å²) in [5, 5.41) is 0. The predicted molar refractivity (Wildman–Crippen MR) is 98.5 cm³/mol. The van der Waals surface area contributed by atoms with Crippen LogP contribution in [0.3, 0.4) is 0 Å². The van der Waals surface area contributed by atoms with Gasteiger partial charge in [0.25, 0.3) is 0 Å². The van der Waals surface area contributed by atoms with Gasteiger partial charge in [0, 0.05) is 25.8 Å². The summed E-state index contributed by atoms with van der Waals surface area (Å²) in [7, 11) is 0. The normalized spacial score (nSPS) is 19.5. The largest absolute Gasteiger partial charge is 0.393 e.